The van der Waals surface area contributed by atoms with Crippen LogP contribution in [0.4, 0.5) is 0 Å². The molecule has 0 aliphatic carbocycles. The number of rotatable bonds is 7. The molecule has 3 atom stereocenters. The van der Waals surface area contributed by atoms with E-state index in [2.05, 4.69) is 5.32 Å². The minimum atomic E-state index is -1.27. The van der Waals surface area contributed by atoms with Gasteiger partial charge in [-0.1, -0.05) is 0 Å². The standard InChI is InChI=1S/C16H24N4O7/c17-9(7-13(22)23)14(24)18-8-12(21)19-5-1-3-10(19)15(25)20-6-2-4-11(20)16(26)27/h9-11H,1-8,17H2,(H,18,24)(H,22,23)(H,26,27). The highest BCUT2D eigenvalue weighted by Crippen LogP contribution is 2.24. The first-order valence-electron chi connectivity index (χ1n) is 8.80. The number of nitrogens with zero attached hydrogens (tertiary/aromatic N) is 2. The highest BCUT2D eigenvalue weighted by molar-refractivity contribution is 5.93. The van der Waals surface area contributed by atoms with Crippen LogP contribution in [-0.2, 0) is 24.0 Å². The molecule has 3 amide bonds. The summed E-state index contributed by atoms with van der Waals surface area (Å²) in [4.78, 5) is 61.4. The lowest BCUT2D eigenvalue weighted by Gasteiger charge is -2.30. The van der Waals surface area contributed by atoms with E-state index in [1.165, 1.54) is 9.80 Å². The molecular weight excluding hydrogens is 360 g/mol. The van der Waals surface area contributed by atoms with Gasteiger partial charge < -0.3 is 31.1 Å². The van der Waals surface area contributed by atoms with Crippen LogP contribution in [-0.4, -0.2) is 87.4 Å². The van der Waals surface area contributed by atoms with Gasteiger partial charge in [-0.2, -0.15) is 0 Å². The molecule has 2 saturated heterocycles. The number of hydrogen-bond donors (Lipinski definition) is 4. The molecule has 0 radical (unpaired) electrons. The molecule has 0 spiro atoms. The minimum absolute atomic E-state index is 0.331. The van der Waals surface area contributed by atoms with Crippen molar-refractivity contribution in [2.75, 3.05) is 19.6 Å². The van der Waals surface area contributed by atoms with Gasteiger partial charge in [0.1, 0.15) is 12.1 Å². The first-order chi connectivity index (χ1) is 12.7. The second kappa shape index (κ2) is 8.80. The molecule has 5 N–H and O–H groups in total. The van der Waals surface area contributed by atoms with Crippen molar-refractivity contribution in [2.45, 2.75) is 50.2 Å². The second-order valence-corrected chi connectivity index (χ2v) is 6.70. The second-order valence-electron chi connectivity index (χ2n) is 6.70. The fourth-order valence-corrected chi connectivity index (χ4v) is 3.48. The Balaban J connectivity index is 1.94. The number of carbonyl (C=O) groups excluding carboxylic acids is 3. The maximum absolute atomic E-state index is 12.7. The summed E-state index contributed by atoms with van der Waals surface area (Å²) in [6, 6.07) is -2.89. The fraction of sp³-hybridized carbons (Fsp3) is 0.688. The molecule has 3 unspecified atom stereocenters. The number of aliphatic carboxylic acids is 2. The summed E-state index contributed by atoms with van der Waals surface area (Å²) < 4.78 is 0. The molecule has 2 rings (SSSR count). The van der Waals surface area contributed by atoms with Gasteiger partial charge in [0.25, 0.3) is 0 Å². The molecule has 11 heteroatoms. The summed E-state index contributed by atoms with van der Waals surface area (Å²) >= 11 is 0. The van der Waals surface area contributed by atoms with Crippen LogP contribution in [0.1, 0.15) is 32.1 Å². The van der Waals surface area contributed by atoms with E-state index in [1.807, 2.05) is 0 Å². The lowest BCUT2D eigenvalue weighted by Crippen LogP contribution is -2.53. The predicted octanol–water partition coefficient (Wildman–Crippen LogP) is -2.03. The van der Waals surface area contributed by atoms with Crippen molar-refractivity contribution in [2.24, 2.45) is 5.73 Å². The first-order valence-corrected chi connectivity index (χ1v) is 8.80. The molecule has 2 aliphatic rings. The van der Waals surface area contributed by atoms with E-state index in [0.717, 1.165) is 0 Å². The van der Waals surface area contributed by atoms with E-state index >= 15 is 0 Å². The molecule has 150 valence electrons. The van der Waals surface area contributed by atoms with E-state index < -0.39 is 54.8 Å². The maximum Gasteiger partial charge on any atom is 0.326 e. The summed E-state index contributed by atoms with van der Waals surface area (Å²) in [7, 11) is 0. The van der Waals surface area contributed by atoms with Gasteiger partial charge in [-0.05, 0) is 25.7 Å². The van der Waals surface area contributed by atoms with E-state index in [9.17, 15) is 29.1 Å². The number of carboxylic acids is 2. The van der Waals surface area contributed by atoms with Crippen LogP contribution in [0, 0.1) is 0 Å². The van der Waals surface area contributed by atoms with Crippen LogP contribution in [0.2, 0.25) is 0 Å². The van der Waals surface area contributed by atoms with Gasteiger partial charge in [-0.25, -0.2) is 4.79 Å². The Bertz CT molecular complexity index is 638. The number of nitrogens with one attached hydrogen (secondary N) is 1. The molecule has 0 aromatic rings. The third-order valence-electron chi connectivity index (χ3n) is 4.82. The predicted molar refractivity (Wildman–Crippen MR) is 90.3 cm³/mol. The van der Waals surface area contributed by atoms with Crippen LogP contribution in [0.3, 0.4) is 0 Å². The zero-order valence-corrected chi connectivity index (χ0v) is 14.8. The molecule has 27 heavy (non-hydrogen) atoms. The fourth-order valence-electron chi connectivity index (χ4n) is 3.48. The van der Waals surface area contributed by atoms with E-state index in [1.54, 1.807) is 0 Å². The third kappa shape index (κ3) is 4.94. The number of likely N-dealkylation sites (tertiary alicyclic amines) is 2. The van der Waals surface area contributed by atoms with Crippen LogP contribution in [0.25, 0.3) is 0 Å². The SMILES string of the molecule is NC(CC(=O)O)C(=O)NCC(=O)N1CCCC1C(=O)N1CCCC1C(=O)O. The smallest absolute Gasteiger partial charge is 0.326 e. The van der Waals surface area contributed by atoms with Crippen molar-refractivity contribution >= 4 is 29.7 Å². The van der Waals surface area contributed by atoms with E-state index in [0.29, 0.717) is 38.8 Å². The van der Waals surface area contributed by atoms with Crippen molar-refractivity contribution < 1.29 is 34.2 Å². The van der Waals surface area contributed by atoms with E-state index in [-0.39, 0.29) is 5.91 Å². The average molecular weight is 384 g/mol. The van der Waals surface area contributed by atoms with Gasteiger partial charge >= 0.3 is 11.9 Å². The van der Waals surface area contributed by atoms with Gasteiger partial charge in [0.15, 0.2) is 0 Å². The Kier molecular flexibility index (Phi) is 6.72. The summed E-state index contributed by atoms with van der Waals surface area (Å²) in [6.45, 7) is 0.269. The zero-order chi connectivity index (χ0) is 20.1. The van der Waals surface area contributed by atoms with Gasteiger partial charge in [0, 0.05) is 13.1 Å². The van der Waals surface area contributed by atoms with Crippen LogP contribution < -0.4 is 11.1 Å². The van der Waals surface area contributed by atoms with Crippen molar-refractivity contribution in [3.63, 3.8) is 0 Å². The molecule has 0 saturated carbocycles. The molecule has 0 aromatic heterocycles. The number of amides is 3. The quantitative estimate of drug-likeness (QED) is 0.389. The monoisotopic (exact) mass is 384 g/mol. The molecule has 0 aromatic carbocycles. The van der Waals surface area contributed by atoms with Crippen LogP contribution in [0.5, 0.6) is 0 Å². The highest BCUT2D eigenvalue weighted by atomic mass is 16.4. The average Bonchev–Trinajstić information content (AvgIpc) is 3.26. The lowest BCUT2D eigenvalue weighted by molar-refractivity contribution is -0.151. The summed E-state index contributed by atoms with van der Waals surface area (Å²) in [5.41, 5.74) is 5.43. The highest BCUT2D eigenvalue weighted by Gasteiger charge is 2.42. The summed E-state index contributed by atoms with van der Waals surface area (Å²) in [6.07, 6.45) is 1.45. The molecule has 2 fully saturated rings. The number of hydrogen-bond acceptors (Lipinski definition) is 6. The third-order valence-corrected chi connectivity index (χ3v) is 4.82. The van der Waals surface area contributed by atoms with Crippen LogP contribution in [0.15, 0.2) is 0 Å². The number of nitrogens with two attached hydrogens (primary N) is 1. The molecule has 11 nitrogen and oxygen atoms in total. The van der Waals surface area contributed by atoms with Gasteiger partial charge in [-0.3, -0.25) is 19.2 Å². The summed E-state index contributed by atoms with van der Waals surface area (Å²) in [5.74, 6) is -3.94. The Labute approximate surface area is 155 Å². The largest absolute Gasteiger partial charge is 0.481 e. The van der Waals surface area contributed by atoms with Crippen molar-refractivity contribution in [1.29, 1.82) is 0 Å². The topological polar surface area (TPSA) is 170 Å². The Hall–Kier alpha value is -2.69. The summed E-state index contributed by atoms with van der Waals surface area (Å²) in [5, 5.41) is 20.1. The van der Waals surface area contributed by atoms with Crippen molar-refractivity contribution in [3.8, 4) is 0 Å². The maximum atomic E-state index is 12.7. The van der Waals surface area contributed by atoms with E-state index in [4.69, 9.17) is 10.8 Å². The Morgan fingerprint density at radius 3 is 2.19 bits per heavy atom. The Morgan fingerprint density at radius 1 is 1.00 bits per heavy atom. The number of carboxylic acid groups (broad SMARTS) is 2. The van der Waals surface area contributed by atoms with Crippen molar-refractivity contribution in [3.05, 3.63) is 0 Å². The van der Waals surface area contributed by atoms with Gasteiger partial charge in [0.2, 0.25) is 17.7 Å². The molecular formula is C16H24N4O7. The normalized spacial score (nSPS) is 23.1. The molecule has 2 aliphatic heterocycles. The number of carbonyl (C=O) groups is 5. The minimum Gasteiger partial charge on any atom is -0.481 e. The van der Waals surface area contributed by atoms with Crippen molar-refractivity contribution in [1.82, 2.24) is 15.1 Å². The first kappa shape index (κ1) is 20.6. The van der Waals surface area contributed by atoms with Crippen LogP contribution >= 0.6 is 0 Å². The Morgan fingerprint density at radius 2 is 1.59 bits per heavy atom. The van der Waals surface area contributed by atoms with Gasteiger partial charge in [0.05, 0.1) is 19.0 Å². The zero-order valence-electron chi connectivity index (χ0n) is 14.8. The lowest BCUT2D eigenvalue weighted by atomic mass is 10.1. The van der Waals surface area contributed by atoms with Gasteiger partial charge in [-0.15, -0.1) is 0 Å². The molecule has 0 bridgehead atoms. The molecule has 2 heterocycles.